The molecule has 0 N–H and O–H groups in total. The van der Waals surface area contributed by atoms with Gasteiger partial charge in [0.1, 0.15) is 6.34 Å². The number of hydroxylamine groups is 2. The summed E-state index contributed by atoms with van der Waals surface area (Å²) in [4.78, 5) is 32.0. The van der Waals surface area contributed by atoms with Gasteiger partial charge in [-0.1, -0.05) is 20.6 Å². The van der Waals surface area contributed by atoms with Crippen LogP contribution in [0.1, 0.15) is 48.4 Å². The second kappa shape index (κ2) is 10.0. The minimum atomic E-state index is -0.853. The standard InChI is InChI=1S/C17H18N10O6/c1(3-12-19-5-23-29-12)2-11(4-13-20-6-24-30-13)14(16-21-7-25-31-16)15(17-22-8-26-32-17)33-27-9-18-10-28-27/h5-9,11,14-15H,1-4,10H2. The first-order valence-electron chi connectivity index (χ1n) is 10.00. The van der Waals surface area contributed by atoms with E-state index in [1.165, 1.54) is 31.6 Å². The highest BCUT2D eigenvalue weighted by molar-refractivity contribution is 5.52. The first-order chi connectivity index (χ1) is 16.4. The summed E-state index contributed by atoms with van der Waals surface area (Å²) in [5, 5.41) is 16.0. The van der Waals surface area contributed by atoms with Crippen molar-refractivity contribution in [2.75, 3.05) is 6.73 Å². The highest BCUT2D eigenvalue weighted by Crippen LogP contribution is 2.42. The van der Waals surface area contributed by atoms with E-state index in [0.29, 0.717) is 43.4 Å². The van der Waals surface area contributed by atoms with Crippen LogP contribution in [0.3, 0.4) is 0 Å². The van der Waals surface area contributed by atoms with Gasteiger partial charge in [-0.15, -0.1) is 5.23 Å². The molecule has 3 atom stereocenters. The number of rotatable bonds is 12. The van der Waals surface area contributed by atoms with E-state index >= 15 is 0 Å². The average molecular weight is 458 g/mol. The highest BCUT2D eigenvalue weighted by atomic mass is 17.0. The summed E-state index contributed by atoms with van der Waals surface area (Å²) in [6.07, 6.45) is 8.14. The number of aryl methyl sites for hydroxylation is 1. The van der Waals surface area contributed by atoms with Crippen molar-refractivity contribution in [3.63, 3.8) is 0 Å². The van der Waals surface area contributed by atoms with E-state index < -0.39 is 12.0 Å². The molecular formula is C17H18N10O6. The molecule has 1 aliphatic rings. The van der Waals surface area contributed by atoms with Crippen LogP contribution in [0.4, 0.5) is 0 Å². The van der Waals surface area contributed by atoms with Crippen LogP contribution in [-0.4, -0.2) is 58.9 Å². The van der Waals surface area contributed by atoms with Crippen LogP contribution < -0.4 is 0 Å². The quantitative estimate of drug-likeness (QED) is 0.293. The maximum absolute atomic E-state index is 6.02. The summed E-state index contributed by atoms with van der Waals surface area (Å²) in [5.74, 6) is 0.703. The van der Waals surface area contributed by atoms with Gasteiger partial charge in [0.25, 0.3) is 5.89 Å². The zero-order chi connectivity index (χ0) is 22.3. The summed E-state index contributed by atoms with van der Waals surface area (Å²) in [5.41, 5.74) is 0. The van der Waals surface area contributed by atoms with Gasteiger partial charge in [-0.3, -0.25) is 0 Å². The lowest BCUT2D eigenvalue weighted by molar-refractivity contribution is -0.333. The van der Waals surface area contributed by atoms with Gasteiger partial charge in [-0.2, -0.15) is 19.9 Å². The second-order valence-electron chi connectivity index (χ2n) is 6.98. The third kappa shape index (κ3) is 5.07. The third-order valence-corrected chi connectivity index (χ3v) is 4.99. The zero-order valence-electron chi connectivity index (χ0n) is 17.1. The van der Waals surface area contributed by atoms with Crippen LogP contribution in [0.25, 0.3) is 0 Å². The summed E-state index contributed by atoms with van der Waals surface area (Å²) < 4.78 is 21.2. The zero-order valence-corrected chi connectivity index (χ0v) is 17.1. The van der Waals surface area contributed by atoms with Crippen molar-refractivity contribution in [2.45, 2.75) is 37.7 Å². The summed E-state index contributed by atoms with van der Waals surface area (Å²) in [6.45, 7) is 0.122. The molecule has 1 aliphatic heterocycles. The Kier molecular flexibility index (Phi) is 6.34. The summed E-state index contributed by atoms with van der Waals surface area (Å²) >= 11 is 0. The number of nitrogens with zero attached hydrogens (tertiary/aromatic N) is 10. The predicted octanol–water partition coefficient (Wildman–Crippen LogP) is 1.09. The lowest BCUT2D eigenvalue weighted by Crippen LogP contribution is -2.30. The minimum Gasteiger partial charge on any atom is -0.340 e. The van der Waals surface area contributed by atoms with E-state index in [1.54, 1.807) is 0 Å². The average Bonchev–Trinajstić information content (AvgIpc) is 3.64. The molecule has 5 heterocycles. The molecule has 5 rings (SSSR count). The molecule has 16 heteroatoms. The first kappa shape index (κ1) is 20.8. The van der Waals surface area contributed by atoms with Gasteiger partial charge >= 0.3 is 0 Å². The van der Waals surface area contributed by atoms with E-state index in [-0.39, 0.29) is 18.5 Å². The molecule has 0 saturated carbocycles. The Balaban J connectivity index is 1.46. The van der Waals surface area contributed by atoms with Gasteiger partial charge in [-0.05, 0) is 18.8 Å². The third-order valence-electron chi connectivity index (χ3n) is 4.99. The molecule has 3 unspecified atom stereocenters. The van der Waals surface area contributed by atoms with Gasteiger partial charge in [0, 0.05) is 12.8 Å². The maximum atomic E-state index is 6.02. The molecule has 4 aromatic heterocycles. The summed E-state index contributed by atoms with van der Waals surface area (Å²) in [7, 11) is 0. The predicted molar refractivity (Wildman–Crippen MR) is 100 cm³/mol. The highest BCUT2D eigenvalue weighted by Gasteiger charge is 2.42. The van der Waals surface area contributed by atoms with E-state index in [4.69, 9.17) is 27.8 Å². The first-order valence-corrected chi connectivity index (χ1v) is 10.00. The summed E-state index contributed by atoms with van der Waals surface area (Å²) in [6, 6.07) is 0. The number of aromatic nitrogens is 8. The Bertz CT molecular complexity index is 1090. The largest absolute Gasteiger partial charge is 0.340 e. The lowest BCUT2D eigenvalue weighted by atomic mass is 9.81. The molecule has 0 aliphatic carbocycles. The molecule has 16 nitrogen and oxygen atoms in total. The van der Waals surface area contributed by atoms with E-state index in [9.17, 15) is 0 Å². The molecule has 0 saturated heterocycles. The van der Waals surface area contributed by atoms with Crippen LogP contribution in [0.5, 0.6) is 0 Å². The van der Waals surface area contributed by atoms with Gasteiger partial charge in [0.15, 0.2) is 38.1 Å². The van der Waals surface area contributed by atoms with Crippen LogP contribution in [0.2, 0.25) is 0 Å². The molecule has 0 aromatic carbocycles. The Labute approximate surface area is 184 Å². The fourth-order valence-electron chi connectivity index (χ4n) is 3.61. The Morgan fingerprint density at radius 2 is 1.55 bits per heavy atom. The van der Waals surface area contributed by atoms with Crippen molar-refractivity contribution >= 4 is 6.34 Å². The van der Waals surface area contributed by atoms with Crippen LogP contribution in [0.15, 0.2) is 48.4 Å². The Morgan fingerprint density at radius 1 is 0.848 bits per heavy atom. The molecule has 0 bridgehead atoms. The molecule has 33 heavy (non-hydrogen) atoms. The Morgan fingerprint density at radius 3 is 2.18 bits per heavy atom. The van der Waals surface area contributed by atoms with Crippen molar-refractivity contribution in [3.05, 3.63) is 48.9 Å². The topological polar surface area (TPSA) is 190 Å². The van der Waals surface area contributed by atoms with Crippen LogP contribution in [0, 0.1) is 5.92 Å². The molecule has 172 valence electrons. The molecule has 0 amide bonds. The minimum absolute atomic E-state index is 0.122. The molecule has 0 fully saturated rings. The molecule has 4 aromatic rings. The van der Waals surface area contributed by atoms with E-state index in [2.05, 4.69) is 45.6 Å². The SMILES string of the molecule is C1=NCON1OC(c1ncno1)C(c1ncno1)C(CCCc1ncno1)Cc1ncno1. The smallest absolute Gasteiger partial charge is 0.259 e. The monoisotopic (exact) mass is 458 g/mol. The van der Waals surface area contributed by atoms with Crippen molar-refractivity contribution in [2.24, 2.45) is 10.9 Å². The fourth-order valence-corrected chi connectivity index (χ4v) is 3.61. The van der Waals surface area contributed by atoms with Crippen LogP contribution >= 0.6 is 0 Å². The number of aliphatic imine (C=N–C) groups is 1. The fraction of sp³-hybridized carbons (Fsp3) is 0.471. The van der Waals surface area contributed by atoms with Crippen molar-refractivity contribution in [3.8, 4) is 0 Å². The van der Waals surface area contributed by atoms with Crippen molar-refractivity contribution < 1.29 is 27.8 Å². The normalized spacial score (nSPS) is 16.3. The van der Waals surface area contributed by atoms with Gasteiger partial charge < -0.3 is 18.1 Å². The van der Waals surface area contributed by atoms with Crippen molar-refractivity contribution in [1.82, 2.24) is 45.8 Å². The molecular weight excluding hydrogens is 440 g/mol. The van der Waals surface area contributed by atoms with Gasteiger partial charge in [0.2, 0.25) is 17.7 Å². The number of hydrogen-bond donors (Lipinski definition) is 0. The van der Waals surface area contributed by atoms with E-state index in [0.717, 1.165) is 5.23 Å². The maximum Gasteiger partial charge on any atom is 0.259 e. The van der Waals surface area contributed by atoms with E-state index in [1.807, 2.05) is 0 Å². The number of hydrogen-bond acceptors (Lipinski definition) is 16. The molecule has 0 spiro atoms. The van der Waals surface area contributed by atoms with Crippen LogP contribution in [-0.2, 0) is 22.5 Å². The van der Waals surface area contributed by atoms with Crippen molar-refractivity contribution in [1.29, 1.82) is 0 Å². The Hall–Kier alpha value is -4.05. The lowest BCUT2D eigenvalue weighted by Gasteiger charge is -2.29. The van der Waals surface area contributed by atoms with Gasteiger partial charge in [-0.25, -0.2) is 14.7 Å². The van der Waals surface area contributed by atoms with Gasteiger partial charge in [0.05, 0.1) is 5.92 Å². The second-order valence-corrected chi connectivity index (χ2v) is 6.98. The molecule has 0 radical (unpaired) electrons.